The van der Waals surface area contributed by atoms with Crippen LogP contribution < -0.4 is 10.9 Å². The molecule has 0 saturated carbocycles. The van der Waals surface area contributed by atoms with Crippen LogP contribution in [-0.2, 0) is 6.42 Å². The molecule has 88 valence electrons. The van der Waals surface area contributed by atoms with Gasteiger partial charge in [-0.25, -0.2) is 4.98 Å². The number of H-pyrrole nitrogens is 1. The molecule has 2 rings (SSSR count). The Kier molecular flexibility index (Phi) is 3.88. The molecule has 1 saturated heterocycles. The molecule has 1 unspecified atom stereocenters. The molecule has 1 atom stereocenters. The molecule has 1 aliphatic heterocycles. The van der Waals surface area contributed by atoms with E-state index >= 15 is 0 Å². The average Bonchev–Trinajstić information content (AvgIpc) is 2.78. The first-order chi connectivity index (χ1) is 7.78. The predicted octanol–water partition coefficient (Wildman–Crippen LogP) is 1.64. The zero-order chi connectivity index (χ0) is 11.4. The summed E-state index contributed by atoms with van der Waals surface area (Å²) in [6.07, 6.45) is 3.32. The van der Waals surface area contributed by atoms with Gasteiger partial charge < -0.3 is 10.3 Å². The van der Waals surface area contributed by atoms with Gasteiger partial charge in [0.2, 0.25) is 0 Å². The smallest absolute Gasteiger partial charge is 0.252 e. The third-order valence-electron chi connectivity index (χ3n) is 2.66. The molecule has 0 radical (unpaired) electrons. The summed E-state index contributed by atoms with van der Waals surface area (Å²) >= 11 is 2.00. The molecule has 2 heterocycles. The van der Waals surface area contributed by atoms with E-state index in [4.69, 9.17) is 0 Å². The lowest BCUT2D eigenvalue weighted by Crippen LogP contribution is -2.18. The van der Waals surface area contributed by atoms with Gasteiger partial charge in [-0.2, -0.15) is 11.8 Å². The van der Waals surface area contributed by atoms with Gasteiger partial charge in [-0.1, -0.05) is 6.92 Å². The van der Waals surface area contributed by atoms with Gasteiger partial charge in [0.1, 0.15) is 11.6 Å². The number of hydrogen-bond donors (Lipinski definition) is 2. The van der Waals surface area contributed by atoms with E-state index in [1.807, 2.05) is 18.7 Å². The number of aromatic nitrogens is 2. The third-order valence-corrected chi connectivity index (χ3v) is 4.06. The van der Waals surface area contributed by atoms with Crippen molar-refractivity contribution in [2.24, 2.45) is 0 Å². The molecule has 4 nitrogen and oxygen atoms in total. The Morgan fingerprint density at radius 3 is 3.25 bits per heavy atom. The maximum Gasteiger partial charge on any atom is 0.252 e. The lowest BCUT2D eigenvalue weighted by atomic mass is 10.2. The van der Waals surface area contributed by atoms with Crippen molar-refractivity contribution in [3.8, 4) is 0 Å². The van der Waals surface area contributed by atoms with Crippen molar-refractivity contribution in [3.63, 3.8) is 0 Å². The molecular weight excluding hydrogens is 222 g/mol. The molecular formula is C11H17N3OS. The zero-order valence-corrected chi connectivity index (χ0v) is 10.3. The summed E-state index contributed by atoms with van der Waals surface area (Å²) in [6, 6.07) is 1.53. The number of rotatable bonds is 4. The first-order valence-corrected chi connectivity index (χ1v) is 6.78. The largest absolute Gasteiger partial charge is 0.369 e. The van der Waals surface area contributed by atoms with Crippen molar-refractivity contribution in [1.82, 2.24) is 9.97 Å². The Morgan fingerprint density at radius 2 is 2.56 bits per heavy atom. The highest BCUT2D eigenvalue weighted by Gasteiger charge is 2.15. The normalized spacial score (nSPS) is 19.9. The third kappa shape index (κ3) is 3.01. The molecule has 0 aromatic carbocycles. The average molecular weight is 239 g/mol. The molecule has 1 aromatic heterocycles. The van der Waals surface area contributed by atoms with Crippen LogP contribution in [0.4, 0.5) is 5.82 Å². The SMILES string of the molecule is CCc1nc(NCC2CCCS2)cc(=O)[nH]1. The molecule has 5 heteroatoms. The summed E-state index contributed by atoms with van der Waals surface area (Å²) in [5, 5.41) is 3.92. The Hall–Kier alpha value is -0.970. The van der Waals surface area contributed by atoms with E-state index in [2.05, 4.69) is 15.3 Å². The van der Waals surface area contributed by atoms with E-state index in [0.717, 1.165) is 18.8 Å². The highest BCUT2D eigenvalue weighted by Crippen LogP contribution is 2.25. The van der Waals surface area contributed by atoms with Crippen LogP contribution in [0, 0.1) is 0 Å². The summed E-state index contributed by atoms with van der Waals surface area (Å²) in [4.78, 5) is 18.4. The van der Waals surface area contributed by atoms with Crippen molar-refractivity contribution in [2.75, 3.05) is 17.6 Å². The molecule has 0 bridgehead atoms. The van der Waals surface area contributed by atoms with Gasteiger partial charge in [0.25, 0.3) is 5.56 Å². The maximum atomic E-state index is 11.3. The second-order valence-corrected chi connectivity index (χ2v) is 5.36. The molecule has 1 aliphatic rings. The summed E-state index contributed by atoms with van der Waals surface area (Å²) in [6.45, 7) is 2.89. The Bertz CT molecular complexity index is 398. The number of nitrogens with one attached hydrogen (secondary N) is 2. The lowest BCUT2D eigenvalue weighted by Gasteiger charge is -2.10. The van der Waals surface area contributed by atoms with E-state index in [1.54, 1.807) is 0 Å². The fraction of sp³-hybridized carbons (Fsp3) is 0.636. The summed E-state index contributed by atoms with van der Waals surface area (Å²) in [7, 11) is 0. The van der Waals surface area contributed by atoms with Crippen LogP contribution in [0.3, 0.4) is 0 Å². The van der Waals surface area contributed by atoms with E-state index in [9.17, 15) is 4.79 Å². The minimum atomic E-state index is -0.0755. The molecule has 1 fully saturated rings. The van der Waals surface area contributed by atoms with Gasteiger partial charge >= 0.3 is 0 Å². The summed E-state index contributed by atoms with van der Waals surface area (Å²) < 4.78 is 0. The number of anilines is 1. The number of nitrogens with zero attached hydrogens (tertiary/aromatic N) is 1. The van der Waals surface area contributed by atoms with Crippen LogP contribution in [0.25, 0.3) is 0 Å². The lowest BCUT2D eigenvalue weighted by molar-refractivity contribution is 0.800. The van der Waals surface area contributed by atoms with Crippen molar-refractivity contribution in [3.05, 3.63) is 22.2 Å². The topological polar surface area (TPSA) is 57.8 Å². The fourth-order valence-electron chi connectivity index (χ4n) is 1.79. The minimum absolute atomic E-state index is 0.0755. The monoisotopic (exact) mass is 239 g/mol. The Balaban J connectivity index is 1.97. The van der Waals surface area contributed by atoms with Crippen molar-refractivity contribution in [2.45, 2.75) is 31.4 Å². The van der Waals surface area contributed by atoms with Crippen LogP contribution in [0.5, 0.6) is 0 Å². The second-order valence-electron chi connectivity index (χ2n) is 3.95. The van der Waals surface area contributed by atoms with Crippen LogP contribution >= 0.6 is 11.8 Å². The number of aryl methyl sites for hydroxylation is 1. The van der Waals surface area contributed by atoms with E-state index in [0.29, 0.717) is 11.1 Å². The number of hydrogen-bond acceptors (Lipinski definition) is 4. The van der Waals surface area contributed by atoms with Crippen LogP contribution in [0.1, 0.15) is 25.6 Å². The highest BCUT2D eigenvalue weighted by atomic mass is 32.2. The minimum Gasteiger partial charge on any atom is -0.369 e. The van der Waals surface area contributed by atoms with Crippen molar-refractivity contribution in [1.29, 1.82) is 0 Å². The van der Waals surface area contributed by atoms with Crippen molar-refractivity contribution < 1.29 is 0 Å². The highest BCUT2D eigenvalue weighted by molar-refractivity contribution is 8.00. The van der Waals surface area contributed by atoms with Gasteiger partial charge in [0.05, 0.1) is 0 Å². The van der Waals surface area contributed by atoms with E-state index < -0.39 is 0 Å². The Morgan fingerprint density at radius 1 is 1.69 bits per heavy atom. The van der Waals surface area contributed by atoms with Crippen molar-refractivity contribution >= 4 is 17.6 Å². The van der Waals surface area contributed by atoms with Gasteiger partial charge in [-0.15, -0.1) is 0 Å². The predicted molar refractivity (Wildman–Crippen MR) is 68.2 cm³/mol. The first kappa shape index (κ1) is 11.5. The summed E-state index contributed by atoms with van der Waals surface area (Å²) in [5.41, 5.74) is -0.0755. The van der Waals surface area contributed by atoms with E-state index in [1.165, 1.54) is 24.7 Å². The van der Waals surface area contributed by atoms with Crippen LogP contribution in [0.15, 0.2) is 10.9 Å². The van der Waals surface area contributed by atoms with E-state index in [-0.39, 0.29) is 5.56 Å². The fourth-order valence-corrected chi connectivity index (χ4v) is 2.99. The van der Waals surface area contributed by atoms with Gasteiger partial charge in [0, 0.05) is 24.3 Å². The molecule has 1 aromatic rings. The van der Waals surface area contributed by atoms with Gasteiger partial charge in [-0.05, 0) is 18.6 Å². The quantitative estimate of drug-likeness (QED) is 0.838. The molecule has 0 spiro atoms. The maximum absolute atomic E-state index is 11.3. The molecule has 0 aliphatic carbocycles. The Labute approximate surface area is 99.3 Å². The standard InChI is InChI=1S/C11H17N3OS/c1-2-9-13-10(6-11(15)14-9)12-7-8-4-3-5-16-8/h6,8H,2-5,7H2,1H3,(H2,12,13,14,15). The molecule has 0 amide bonds. The first-order valence-electron chi connectivity index (χ1n) is 5.73. The molecule has 16 heavy (non-hydrogen) atoms. The zero-order valence-electron chi connectivity index (χ0n) is 9.45. The second kappa shape index (κ2) is 5.39. The van der Waals surface area contributed by atoms with Gasteiger partial charge in [0.15, 0.2) is 0 Å². The van der Waals surface area contributed by atoms with Crippen LogP contribution in [-0.4, -0.2) is 27.5 Å². The molecule has 2 N–H and O–H groups in total. The summed E-state index contributed by atoms with van der Waals surface area (Å²) in [5.74, 6) is 2.71. The number of thioether (sulfide) groups is 1. The number of aromatic amines is 1. The van der Waals surface area contributed by atoms with Crippen LogP contribution in [0.2, 0.25) is 0 Å². The van der Waals surface area contributed by atoms with Gasteiger partial charge in [-0.3, -0.25) is 4.79 Å².